The van der Waals surface area contributed by atoms with Gasteiger partial charge in [0, 0.05) is 40.0 Å². The van der Waals surface area contributed by atoms with Gasteiger partial charge in [-0.1, -0.05) is 35.9 Å². The monoisotopic (exact) mass is 404 g/mol. The number of halogens is 1. The van der Waals surface area contributed by atoms with Crippen molar-refractivity contribution in [1.82, 2.24) is 15.0 Å². The Morgan fingerprint density at radius 3 is 2.48 bits per heavy atom. The Kier molecular flexibility index (Phi) is 5.32. The molecule has 0 fully saturated rings. The summed E-state index contributed by atoms with van der Waals surface area (Å²) >= 11 is 6.51. The number of anilines is 1. The summed E-state index contributed by atoms with van der Waals surface area (Å²) < 4.78 is 5.89. The van der Waals surface area contributed by atoms with Crippen molar-refractivity contribution in [3.05, 3.63) is 65.9 Å². The van der Waals surface area contributed by atoms with Crippen molar-refractivity contribution < 1.29 is 4.74 Å². The van der Waals surface area contributed by atoms with Gasteiger partial charge in [0.15, 0.2) is 0 Å². The number of hydrogen-bond acceptors (Lipinski definition) is 5. The topological polar surface area (TPSA) is 59.9 Å². The molecular formula is C23H21ClN4O. The number of nitrogens with zero attached hydrogens (tertiary/aromatic N) is 3. The highest BCUT2D eigenvalue weighted by Gasteiger charge is 2.21. The summed E-state index contributed by atoms with van der Waals surface area (Å²) in [6.07, 6.45) is 3.58. The number of ether oxygens (including phenoxy) is 1. The van der Waals surface area contributed by atoms with Gasteiger partial charge in [0.2, 0.25) is 5.95 Å². The Labute approximate surface area is 174 Å². The second-order valence-corrected chi connectivity index (χ2v) is 7.36. The van der Waals surface area contributed by atoms with Crippen LogP contribution >= 0.6 is 11.6 Å². The predicted octanol–water partition coefficient (Wildman–Crippen LogP) is 5.84. The number of pyridine rings is 1. The highest BCUT2D eigenvalue weighted by atomic mass is 35.5. The van der Waals surface area contributed by atoms with Crippen LogP contribution in [0.15, 0.2) is 60.9 Å². The van der Waals surface area contributed by atoms with Crippen LogP contribution in [0.5, 0.6) is 5.75 Å². The fourth-order valence-corrected chi connectivity index (χ4v) is 3.57. The van der Waals surface area contributed by atoms with Gasteiger partial charge < -0.3 is 10.1 Å². The Bertz CT molecular complexity index is 1160. The summed E-state index contributed by atoms with van der Waals surface area (Å²) in [4.78, 5) is 13.8. The van der Waals surface area contributed by atoms with Gasteiger partial charge in [-0.3, -0.25) is 4.98 Å². The molecule has 0 amide bonds. The van der Waals surface area contributed by atoms with E-state index in [0.717, 1.165) is 33.3 Å². The van der Waals surface area contributed by atoms with Crippen molar-refractivity contribution in [2.45, 2.75) is 19.9 Å². The third-order valence-corrected chi connectivity index (χ3v) is 4.86. The quantitative estimate of drug-likeness (QED) is 0.452. The second kappa shape index (κ2) is 8.05. The molecule has 0 saturated carbocycles. The molecule has 6 heteroatoms. The maximum atomic E-state index is 6.51. The number of rotatable bonds is 5. The van der Waals surface area contributed by atoms with Crippen molar-refractivity contribution in [2.75, 3.05) is 12.4 Å². The van der Waals surface area contributed by atoms with Crippen molar-refractivity contribution in [3.63, 3.8) is 0 Å². The molecule has 0 aliphatic heterocycles. The molecule has 4 aromatic rings. The lowest BCUT2D eigenvalue weighted by Crippen LogP contribution is -2.12. The SMILES string of the molecule is COc1c(-c2ccccc2Cl)cc2cnc(NC(C)C)nc2c1-c1ccccn1. The van der Waals surface area contributed by atoms with E-state index in [4.69, 9.17) is 21.3 Å². The Hall–Kier alpha value is -3.18. The van der Waals surface area contributed by atoms with E-state index in [-0.39, 0.29) is 6.04 Å². The van der Waals surface area contributed by atoms with Gasteiger partial charge in [-0.15, -0.1) is 0 Å². The summed E-state index contributed by atoms with van der Waals surface area (Å²) in [5, 5.41) is 4.80. The molecule has 2 aromatic heterocycles. The van der Waals surface area contributed by atoms with Crippen LogP contribution in [0, 0.1) is 0 Å². The number of fused-ring (bicyclic) bond motifs is 1. The molecule has 2 aromatic carbocycles. The summed E-state index contributed by atoms with van der Waals surface area (Å²) in [6, 6.07) is 15.7. The van der Waals surface area contributed by atoms with Gasteiger partial charge in [0.05, 0.1) is 23.9 Å². The Morgan fingerprint density at radius 1 is 1.00 bits per heavy atom. The smallest absolute Gasteiger partial charge is 0.223 e. The highest BCUT2D eigenvalue weighted by molar-refractivity contribution is 6.33. The zero-order valence-electron chi connectivity index (χ0n) is 16.5. The molecule has 2 heterocycles. The van der Waals surface area contributed by atoms with E-state index in [0.29, 0.717) is 16.7 Å². The third kappa shape index (κ3) is 3.74. The fraction of sp³-hybridized carbons (Fsp3) is 0.174. The van der Waals surface area contributed by atoms with Crippen molar-refractivity contribution in [1.29, 1.82) is 0 Å². The van der Waals surface area contributed by atoms with Crippen LogP contribution in [0.25, 0.3) is 33.3 Å². The standard InChI is InChI=1S/C23H21ClN4O/c1-14(2)27-23-26-13-15-12-17(16-8-4-5-9-18(16)24)22(29-3)20(21(15)28-23)19-10-6-7-11-25-19/h4-14H,1-3H3,(H,26,27,28). The van der Waals surface area contributed by atoms with E-state index in [2.05, 4.69) is 15.3 Å². The van der Waals surface area contributed by atoms with Crippen molar-refractivity contribution in [2.24, 2.45) is 0 Å². The number of hydrogen-bond donors (Lipinski definition) is 1. The molecule has 0 atom stereocenters. The van der Waals surface area contributed by atoms with Gasteiger partial charge in [0.1, 0.15) is 5.75 Å². The maximum Gasteiger partial charge on any atom is 0.223 e. The molecule has 1 N–H and O–H groups in total. The molecule has 0 radical (unpaired) electrons. The molecule has 0 saturated heterocycles. The minimum Gasteiger partial charge on any atom is -0.495 e. The van der Waals surface area contributed by atoms with Crippen molar-refractivity contribution >= 4 is 28.5 Å². The first-order chi connectivity index (χ1) is 14.1. The number of methoxy groups -OCH3 is 1. The zero-order valence-corrected chi connectivity index (χ0v) is 17.2. The van der Waals surface area contributed by atoms with E-state index in [1.807, 2.05) is 68.6 Å². The first-order valence-corrected chi connectivity index (χ1v) is 9.77. The van der Waals surface area contributed by atoms with Gasteiger partial charge in [-0.05, 0) is 38.1 Å². The molecule has 0 unspecified atom stereocenters. The second-order valence-electron chi connectivity index (χ2n) is 6.96. The molecule has 0 aliphatic rings. The summed E-state index contributed by atoms with van der Waals surface area (Å²) in [5.74, 6) is 1.25. The lowest BCUT2D eigenvalue weighted by Gasteiger charge is -2.18. The zero-order chi connectivity index (χ0) is 20.4. The molecule has 29 heavy (non-hydrogen) atoms. The molecule has 0 spiro atoms. The van der Waals surface area contributed by atoms with E-state index >= 15 is 0 Å². The molecule has 146 valence electrons. The van der Waals surface area contributed by atoms with Gasteiger partial charge in [-0.2, -0.15) is 0 Å². The van der Waals surface area contributed by atoms with Crippen LogP contribution < -0.4 is 10.1 Å². The van der Waals surface area contributed by atoms with Gasteiger partial charge in [0.25, 0.3) is 0 Å². The van der Waals surface area contributed by atoms with Crippen molar-refractivity contribution in [3.8, 4) is 28.1 Å². The summed E-state index contributed by atoms with van der Waals surface area (Å²) in [5.41, 5.74) is 4.12. The molecule has 0 bridgehead atoms. The average molecular weight is 405 g/mol. The minimum absolute atomic E-state index is 0.218. The normalized spacial score (nSPS) is 11.1. The van der Waals surface area contributed by atoms with E-state index in [9.17, 15) is 0 Å². The predicted molar refractivity (Wildman–Crippen MR) is 119 cm³/mol. The summed E-state index contributed by atoms with van der Waals surface area (Å²) in [6.45, 7) is 4.10. The molecular weight excluding hydrogens is 384 g/mol. The Balaban J connectivity index is 2.08. The lowest BCUT2D eigenvalue weighted by atomic mass is 9.96. The van der Waals surface area contributed by atoms with Crippen LogP contribution in [0.1, 0.15) is 13.8 Å². The fourth-order valence-electron chi connectivity index (χ4n) is 3.33. The first-order valence-electron chi connectivity index (χ1n) is 9.39. The van der Waals surface area contributed by atoms with Crippen LogP contribution in [-0.2, 0) is 0 Å². The molecule has 0 aliphatic carbocycles. The molecule has 5 nitrogen and oxygen atoms in total. The first kappa shape index (κ1) is 19.2. The number of nitrogens with one attached hydrogen (secondary N) is 1. The Morgan fingerprint density at radius 2 is 1.79 bits per heavy atom. The average Bonchev–Trinajstić information content (AvgIpc) is 2.73. The molecule has 4 rings (SSSR count). The lowest BCUT2D eigenvalue weighted by molar-refractivity contribution is 0.418. The maximum absolute atomic E-state index is 6.51. The van der Waals surface area contributed by atoms with Crippen LogP contribution in [-0.4, -0.2) is 28.1 Å². The van der Waals surface area contributed by atoms with E-state index in [1.165, 1.54) is 0 Å². The minimum atomic E-state index is 0.218. The number of aromatic nitrogens is 3. The van der Waals surface area contributed by atoms with Crippen LogP contribution in [0.3, 0.4) is 0 Å². The third-order valence-electron chi connectivity index (χ3n) is 4.53. The van der Waals surface area contributed by atoms with Crippen LogP contribution in [0.2, 0.25) is 5.02 Å². The van der Waals surface area contributed by atoms with Gasteiger partial charge in [-0.25, -0.2) is 9.97 Å². The largest absolute Gasteiger partial charge is 0.495 e. The van der Waals surface area contributed by atoms with E-state index < -0.39 is 0 Å². The van der Waals surface area contributed by atoms with E-state index in [1.54, 1.807) is 13.3 Å². The highest BCUT2D eigenvalue weighted by Crippen LogP contribution is 2.44. The summed E-state index contributed by atoms with van der Waals surface area (Å²) in [7, 11) is 1.66. The van der Waals surface area contributed by atoms with Gasteiger partial charge >= 0.3 is 0 Å². The van der Waals surface area contributed by atoms with Crippen LogP contribution in [0.4, 0.5) is 5.95 Å². The number of benzene rings is 2.